The van der Waals surface area contributed by atoms with Gasteiger partial charge in [-0.2, -0.15) is 0 Å². The van der Waals surface area contributed by atoms with Crippen LogP contribution in [0.25, 0.3) is 0 Å². The first kappa shape index (κ1) is 17.1. The van der Waals surface area contributed by atoms with Crippen molar-refractivity contribution in [3.05, 3.63) is 59.2 Å². The number of benzene rings is 2. The van der Waals surface area contributed by atoms with Crippen LogP contribution in [0.5, 0.6) is 5.75 Å². The molecule has 136 valence electrons. The van der Waals surface area contributed by atoms with Crippen LogP contribution in [-0.2, 0) is 26.6 Å². The minimum atomic E-state index is -1.28. The summed E-state index contributed by atoms with van der Waals surface area (Å²) in [6.45, 7) is 7.32. The number of aryl methyl sites for hydroxylation is 1. The van der Waals surface area contributed by atoms with Gasteiger partial charge in [0.1, 0.15) is 5.75 Å². The summed E-state index contributed by atoms with van der Waals surface area (Å²) in [6.07, 6.45) is 0.132. The van der Waals surface area contributed by atoms with Crippen molar-refractivity contribution in [3.8, 4) is 5.75 Å². The number of carbonyl (C=O) groups is 1. The molecule has 0 bridgehead atoms. The van der Waals surface area contributed by atoms with Crippen LogP contribution in [0.3, 0.4) is 0 Å². The van der Waals surface area contributed by atoms with E-state index < -0.39 is 5.79 Å². The molecule has 1 amide bonds. The zero-order valence-electron chi connectivity index (χ0n) is 15.3. The fourth-order valence-electron chi connectivity index (χ4n) is 3.65. The third-order valence-corrected chi connectivity index (χ3v) is 4.72. The molecule has 0 saturated carbocycles. The van der Waals surface area contributed by atoms with E-state index in [1.165, 1.54) is 0 Å². The van der Waals surface area contributed by atoms with Crippen LogP contribution in [0.4, 0.5) is 5.69 Å². The fraction of sp³-hybridized carbons (Fsp3) is 0.381. The van der Waals surface area contributed by atoms with Gasteiger partial charge in [0.2, 0.25) is 0 Å². The van der Waals surface area contributed by atoms with Crippen LogP contribution >= 0.6 is 0 Å². The number of ether oxygens (including phenoxy) is 3. The van der Waals surface area contributed by atoms with Crippen molar-refractivity contribution < 1.29 is 19.0 Å². The molecule has 0 unspecified atom stereocenters. The summed E-state index contributed by atoms with van der Waals surface area (Å²) in [5.41, 5.74) is 3.76. The van der Waals surface area contributed by atoms with Gasteiger partial charge in [0.15, 0.2) is 0 Å². The first-order valence-corrected chi connectivity index (χ1v) is 8.97. The van der Waals surface area contributed by atoms with Gasteiger partial charge < -0.3 is 19.1 Å². The molecule has 2 heterocycles. The van der Waals surface area contributed by atoms with Crippen molar-refractivity contribution in [2.24, 2.45) is 0 Å². The SMILES string of the molecule is Cc1cccc2c1N(Cc1ccc(OC(C)C)cc1)C(=O)C21OCCO1. The summed E-state index contributed by atoms with van der Waals surface area (Å²) < 4.78 is 17.3. The molecule has 0 atom stereocenters. The molecule has 26 heavy (non-hydrogen) atoms. The van der Waals surface area contributed by atoms with Gasteiger partial charge in [-0.1, -0.05) is 30.3 Å². The molecular weight excluding hydrogens is 330 g/mol. The Morgan fingerprint density at radius 2 is 1.81 bits per heavy atom. The second kappa shape index (κ2) is 6.41. The molecule has 5 nitrogen and oxygen atoms in total. The third kappa shape index (κ3) is 2.68. The van der Waals surface area contributed by atoms with E-state index in [-0.39, 0.29) is 12.0 Å². The van der Waals surface area contributed by atoms with Crippen molar-refractivity contribution >= 4 is 11.6 Å². The van der Waals surface area contributed by atoms with Gasteiger partial charge in [-0.3, -0.25) is 4.79 Å². The quantitative estimate of drug-likeness (QED) is 0.844. The Balaban J connectivity index is 1.66. The normalized spacial score (nSPS) is 18.0. The molecule has 4 rings (SSSR count). The highest BCUT2D eigenvalue weighted by molar-refractivity contribution is 6.06. The molecule has 1 spiro atoms. The van der Waals surface area contributed by atoms with Gasteiger partial charge in [-0.05, 0) is 44.0 Å². The lowest BCUT2D eigenvalue weighted by Crippen LogP contribution is -2.40. The molecule has 2 aromatic carbocycles. The molecule has 0 aliphatic carbocycles. The standard InChI is InChI=1S/C21H23NO4/c1-14(2)26-17-9-7-16(8-10-17)13-22-19-15(3)5-4-6-18(19)21(20(22)23)24-11-12-25-21/h4-10,14H,11-13H2,1-3H3. The number of fused-ring (bicyclic) bond motifs is 2. The first-order valence-electron chi connectivity index (χ1n) is 8.97. The van der Waals surface area contributed by atoms with Crippen LogP contribution in [0, 0.1) is 6.92 Å². The maximum absolute atomic E-state index is 13.2. The Labute approximate surface area is 153 Å². The minimum Gasteiger partial charge on any atom is -0.491 e. The van der Waals surface area contributed by atoms with Crippen molar-refractivity contribution in [2.75, 3.05) is 18.1 Å². The molecule has 1 saturated heterocycles. The van der Waals surface area contributed by atoms with Crippen LogP contribution in [0.2, 0.25) is 0 Å². The Bertz CT molecular complexity index is 822. The van der Waals surface area contributed by atoms with E-state index in [1.54, 1.807) is 4.90 Å². The average Bonchev–Trinajstić information content (AvgIpc) is 3.18. The number of hydrogen-bond donors (Lipinski definition) is 0. The second-order valence-corrected chi connectivity index (χ2v) is 6.99. The van der Waals surface area contributed by atoms with Crippen molar-refractivity contribution in [1.29, 1.82) is 0 Å². The number of anilines is 1. The Morgan fingerprint density at radius 1 is 1.12 bits per heavy atom. The zero-order valence-corrected chi connectivity index (χ0v) is 15.3. The van der Waals surface area contributed by atoms with E-state index in [4.69, 9.17) is 14.2 Å². The third-order valence-electron chi connectivity index (χ3n) is 4.72. The number of carbonyl (C=O) groups excluding carboxylic acids is 1. The van der Waals surface area contributed by atoms with E-state index in [1.807, 2.05) is 63.2 Å². The van der Waals surface area contributed by atoms with Crippen LogP contribution in [0.1, 0.15) is 30.5 Å². The topological polar surface area (TPSA) is 48.0 Å². The van der Waals surface area contributed by atoms with Gasteiger partial charge in [-0.25, -0.2) is 0 Å². The second-order valence-electron chi connectivity index (χ2n) is 6.99. The zero-order chi connectivity index (χ0) is 18.3. The lowest BCUT2D eigenvalue weighted by Gasteiger charge is -2.22. The molecule has 0 aromatic heterocycles. The van der Waals surface area contributed by atoms with Gasteiger partial charge in [0.05, 0.1) is 31.5 Å². The molecule has 2 aromatic rings. The summed E-state index contributed by atoms with van der Waals surface area (Å²) >= 11 is 0. The van der Waals surface area contributed by atoms with E-state index in [2.05, 4.69) is 0 Å². The highest BCUT2D eigenvalue weighted by atomic mass is 16.7. The summed E-state index contributed by atoms with van der Waals surface area (Å²) in [5, 5.41) is 0. The summed E-state index contributed by atoms with van der Waals surface area (Å²) in [5.74, 6) is -0.601. The number of hydrogen-bond acceptors (Lipinski definition) is 4. The molecule has 0 N–H and O–H groups in total. The molecule has 1 fully saturated rings. The number of nitrogens with zero attached hydrogens (tertiary/aromatic N) is 1. The van der Waals surface area contributed by atoms with Gasteiger partial charge >= 0.3 is 0 Å². The highest BCUT2D eigenvalue weighted by Gasteiger charge is 2.56. The van der Waals surface area contributed by atoms with Crippen LogP contribution < -0.4 is 9.64 Å². The lowest BCUT2D eigenvalue weighted by molar-refractivity contribution is -0.180. The lowest BCUT2D eigenvalue weighted by atomic mass is 10.0. The number of amides is 1. The average molecular weight is 353 g/mol. The largest absolute Gasteiger partial charge is 0.491 e. The van der Waals surface area contributed by atoms with E-state index in [0.29, 0.717) is 19.8 Å². The summed E-state index contributed by atoms with van der Waals surface area (Å²) in [4.78, 5) is 15.0. The predicted molar refractivity (Wildman–Crippen MR) is 98.2 cm³/mol. The molecule has 2 aliphatic rings. The maximum atomic E-state index is 13.2. The van der Waals surface area contributed by atoms with E-state index in [9.17, 15) is 4.79 Å². The number of para-hydroxylation sites is 1. The van der Waals surface area contributed by atoms with Gasteiger partial charge in [0, 0.05) is 5.56 Å². The smallest absolute Gasteiger partial charge is 0.292 e. The monoisotopic (exact) mass is 353 g/mol. The molecular formula is C21H23NO4. The van der Waals surface area contributed by atoms with Crippen LogP contribution in [-0.4, -0.2) is 25.2 Å². The minimum absolute atomic E-state index is 0.132. The Morgan fingerprint density at radius 3 is 2.46 bits per heavy atom. The van der Waals surface area contributed by atoms with E-state index >= 15 is 0 Å². The summed E-state index contributed by atoms with van der Waals surface area (Å²) in [6, 6.07) is 13.7. The number of rotatable bonds is 4. The summed E-state index contributed by atoms with van der Waals surface area (Å²) in [7, 11) is 0. The molecule has 0 radical (unpaired) electrons. The first-order chi connectivity index (χ1) is 12.5. The van der Waals surface area contributed by atoms with E-state index in [0.717, 1.165) is 28.1 Å². The molecule has 5 heteroatoms. The Hall–Kier alpha value is -2.37. The predicted octanol–water partition coefficient (Wildman–Crippen LogP) is 3.53. The van der Waals surface area contributed by atoms with Crippen molar-refractivity contribution in [2.45, 2.75) is 39.2 Å². The van der Waals surface area contributed by atoms with Gasteiger partial charge in [-0.15, -0.1) is 0 Å². The Kier molecular flexibility index (Phi) is 4.21. The fourth-order valence-corrected chi connectivity index (χ4v) is 3.65. The maximum Gasteiger partial charge on any atom is 0.292 e. The van der Waals surface area contributed by atoms with Crippen LogP contribution in [0.15, 0.2) is 42.5 Å². The highest BCUT2D eigenvalue weighted by Crippen LogP contribution is 2.47. The van der Waals surface area contributed by atoms with Crippen molar-refractivity contribution in [3.63, 3.8) is 0 Å². The molecule has 2 aliphatic heterocycles. The van der Waals surface area contributed by atoms with Crippen molar-refractivity contribution in [1.82, 2.24) is 0 Å². The van der Waals surface area contributed by atoms with Gasteiger partial charge in [0.25, 0.3) is 11.7 Å².